The molecule has 0 radical (unpaired) electrons. The molecule has 1 unspecified atom stereocenters. The van der Waals surface area contributed by atoms with Crippen LogP contribution in [-0.4, -0.2) is 31.2 Å². The third-order valence-electron chi connectivity index (χ3n) is 1.91. The molecule has 0 heterocycles. The largest absolute Gasteiger partial charge is 0.465 e. The van der Waals surface area contributed by atoms with Gasteiger partial charge in [-0.15, -0.1) is 0 Å². The van der Waals surface area contributed by atoms with Crippen LogP contribution in [-0.2, 0) is 9.53 Å². The van der Waals surface area contributed by atoms with E-state index in [2.05, 4.69) is 15.3 Å². The van der Waals surface area contributed by atoms with Crippen molar-refractivity contribution in [3.05, 3.63) is 10.4 Å². The van der Waals surface area contributed by atoms with Crippen LogP contribution in [0.2, 0.25) is 0 Å². The fourth-order valence-corrected chi connectivity index (χ4v) is 1.09. The van der Waals surface area contributed by atoms with Crippen LogP contribution < -0.4 is 5.32 Å². The van der Waals surface area contributed by atoms with Crippen molar-refractivity contribution in [1.29, 1.82) is 0 Å². The Labute approximate surface area is 82.2 Å². The quantitative estimate of drug-likeness (QED) is 0.298. The minimum Gasteiger partial charge on any atom is -0.465 e. The molecule has 6 nitrogen and oxygen atoms in total. The zero-order valence-corrected chi connectivity index (χ0v) is 8.14. The molecule has 0 saturated heterocycles. The van der Waals surface area contributed by atoms with Crippen LogP contribution in [0, 0.1) is 0 Å². The second kappa shape index (κ2) is 5.47. The summed E-state index contributed by atoms with van der Waals surface area (Å²) in [5.41, 5.74) is 8.16. The number of esters is 1. The summed E-state index contributed by atoms with van der Waals surface area (Å²) < 4.78 is 4.84. The zero-order valence-electron chi connectivity index (χ0n) is 8.14. The lowest BCUT2D eigenvalue weighted by molar-refractivity contribution is -0.145. The molecule has 0 spiro atoms. The highest BCUT2D eigenvalue weighted by molar-refractivity contribution is 5.76. The standard InChI is InChI=1S/C8H14N4O2/c1-2-14-8(13)7(5-10-12-9)11-6-3-4-6/h6-7,11H,2-5H2,1H3. The Kier molecular flexibility index (Phi) is 4.22. The fraction of sp³-hybridized carbons (Fsp3) is 0.875. The molecule has 1 N–H and O–H groups in total. The maximum Gasteiger partial charge on any atom is 0.323 e. The van der Waals surface area contributed by atoms with Crippen molar-refractivity contribution in [2.75, 3.05) is 13.2 Å². The number of nitrogens with one attached hydrogen (secondary N) is 1. The third-order valence-corrected chi connectivity index (χ3v) is 1.91. The van der Waals surface area contributed by atoms with E-state index in [4.69, 9.17) is 10.3 Å². The maximum atomic E-state index is 11.3. The summed E-state index contributed by atoms with van der Waals surface area (Å²) in [7, 11) is 0. The highest BCUT2D eigenvalue weighted by Gasteiger charge is 2.28. The van der Waals surface area contributed by atoms with Crippen molar-refractivity contribution in [1.82, 2.24) is 5.32 Å². The molecule has 0 aromatic carbocycles. The van der Waals surface area contributed by atoms with Crippen molar-refractivity contribution in [2.24, 2.45) is 5.11 Å². The fourth-order valence-electron chi connectivity index (χ4n) is 1.09. The van der Waals surface area contributed by atoms with Gasteiger partial charge in [-0.2, -0.15) is 0 Å². The van der Waals surface area contributed by atoms with Gasteiger partial charge in [-0.25, -0.2) is 0 Å². The third kappa shape index (κ3) is 3.64. The monoisotopic (exact) mass is 198 g/mol. The number of hydrogen-bond acceptors (Lipinski definition) is 4. The van der Waals surface area contributed by atoms with Crippen LogP contribution in [0.4, 0.5) is 0 Å². The van der Waals surface area contributed by atoms with Crippen molar-refractivity contribution >= 4 is 5.97 Å². The number of carbonyl (C=O) groups is 1. The highest BCUT2D eigenvalue weighted by atomic mass is 16.5. The van der Waals surface area contributed by atoms with Gasteiger partial charge in [0.25, 0.3) is 0 Å². The van der Waals surface area contributed by atoms with E-state index in [1.807, 2.05) is 0 Å². The zero-order chi connectivity index (χ0) is 10.4. The van der Waals surface area contributed by atoms with Crippen LogP contribution in [0.5, 0.6) is 0 Å². The lowest BCUT2D eigenvalue weighted by Gasteiger charge is -2.14. The molecule has 0 aliphatic heterocycles. The molecule has 1 atom stereocenters. The van der Waals surface area contributed by atoms with E-state index in [-0.39, 0.29) is 12.5 Å². The molecule has 0 aromatic rings. The van der Waals surface area contributed by atoms with Crippen molar-refractivity contribution in [3.8, 4) is 0 Å². The molecule has 1 aliphatic carbocycles. The summed E-state index contributed by atoms with van der Waals surface area (Å²) in [6, 6.07) is -0.100. The van der Waals surface area contributed by atoms with Crippen molar-refractivity contribution in [2.45, 2.75) is 31.8 Å². The summed E-state index contributed by atoms with van der Waals surface area (Å²) in [6.07, 6.45) is 2.15. The Morgan fingerprint density at radius 2 is 2.50 bits per heavy atom. The average Bonchev–Trinajstić information content (AvgIpc) is 2.96. The van der Waals surface area contributed by atoms with E-state index in [9.17, 15) is 4.79 Å². The molecule has 1 saturated carbocycles. The molecule has 1 fully saturated rings. The van der Waals surface area contributed by atoms with Gasteiger partial charge in [0.15, 0.2) is 0 Å². The Balaban J connectivity index is 2.40. The Hall–Kier alpha value is -1.26. The molecular formula is C8H14N4O2. The van der Waals surface area contributed by atoms with Crippen LogP contribution in [0.15, 0.2) is 5.11 Å². The Morgan fingerprint density at radius 3 is 3.00 bits per heavy atom. The number of hydrogen-bond donors (Lipinski definition) is 1. The molecule has 0 amide bonds. The molecule has 6 heteroatoms. The second-order valence-electron chi connectivity index (χ2n) is 3.16. The molecule has 14 heavy (non-hydrogen) atoms. The minimum absolute atomic E-state index is 0.117. The number of nitrogens with zero attached hydrogens (tertiary/aromatic N) is 3. The summed E-state index contributed by atoms with van der Waals surface area (Å²) in [6.45, 7) is 2.21. The Bertz CT molecular complexity index is 246. The first-order valence-corrected chi connectivity index (χ1v) is 4.71. The van der Waals surface area contributed by atoms with E-state index < -0.39 is 6.04 Å². The Morgan fingerprint density at radius 1 is 1.79 bits per heavy atom. The van der Waals surface area contributed by atoms with Gasteiger partial charge in [0, 0.05) is 11.0 Å². The number of ether oxygens (including phenoxy) is 1. The van der Waals surface area contributed by atoms with Gasteiger partial charge >= 0.3 is 5.97 Å². The normalized spacial score (nSPS) is 16.9. The molecule has 0 bridgehead atoms. The van der Waals surface area contributed by atoms with E-state index in [1.165, 1.54) is 0 Å². The number of carbonyl (C=O) groups excluding carboxylic acids is 1. The first-order valence-electron chi connectivity index (χ1n) is 4.71. The average molecular weight is 198 g/mol. The number of azide groups is 1. The highest BCUT2D eigenvalue weighted by Crippen LogP contribution is 2.19. The SMILES string of the molecule is CCOC(=O)C(CN=[N+]=[N-])NC1CC1. The van der Waals surface area contributed by atoms with Gasteiger partial charge in [0.05, 0.1) is 13.2 Å². The summed E-state index contributed by atoms with van der Waals surface area (Å²) >= 11 is 0. The molecular weight excluding hydrogens is 184 g/mol. The van der Waals surface area contributed by atoms with Gasteiger partial charge < -0.3 is 10.1 Å². The minimum atomic E-state index is -0.488. The predicted octanol–water partition coefficient (Wildman–Crippen LogP) is 0.980. The van der Waals surface area contributed by atoms with Gasteiger partial charge in [0.2, 0.25) is 0 Å². The summed E-state index contributed by atoms with van der Waals surface area (Å²) in [5, 5.41) is 6.44. The van der Waals surface area contributed by atoms with E-state index in [1.54, 1.807) is 6.92 Å². The lowest BCUT2D eigenvalue weighted by Crippen LogP contribution is -2.41. The van der Waals surface area contributed by atoms with Crippen LogP contribution in [0.25, 0.3) is 10.4 Å². The lowest BCUT2D eigenvalue weighted by atomic mass is 10.3. The summed E-state index contributed by atoms with van der Waals surface area (Å²) in [5.74, 6) is -0.341. The molecule has 78 valence electrons. The predicted molar refractivity (Wildman–Crippen MR) is 50.6 cm³/mol. The van der Waals surface area contributed by atoms with E-state index >= 15 is 0 Å². The van der Waals surface area contributed by atoms with Crippen LogP contribution >= 0.6 is 0 Å². The first kappa shape index (κ1) is 10.8. The van der Waals surface area contributed by atoms with Crippen molar-refractivity contribution in [3.63, 3.8) is 0 Å². The van der Waals surface area contributed by atoms with Gasteiger partial charge in [-0.05, 0) is 25.3 Å². The van der Waals surface area contributed by atoms with Gasteiger partial charge in [0.1, 0.15) is 6.04 Å². The topological polar surface area (TPSA) is 87.1 Å². The number of rotatable bonds is 6. The molecule has 1 aliphatic rings. The second-order valence-corrected chi connectivity index (χ2v) is 3.16. The van der Waals surface area contributed by atoms with Crippen molar-refractivity contribution < 1.29 is 9.53 Å². The molecule has 0 aromatic heterocycles. The van der Waals surface area contributed by atoms with E-state index in [0.29, 0.717) is 12.6 Å². The summed E-state index contributed by atoms with van der Waals surface area (Å²) in [4.78, 5) is 14.0. The van der Waals surface area contributed by atoms with Crippen LogP contribution in [0.3, 0.4) is 0 Å². The smallest absolute Gasteiger partial charge is 0.323 e. The molecule has 1 rings (SSSR count). The first-order chi connectivity index (χ1) is 6.77. The van der Waals surface area contributed by atoms with Crippen LogP contribution in [0.1, 0.15) is 19.8 Å². The maximum absolute atomic E-state index is 11.3. The van der Waals surface area contributed by atoms with E-state index in [0.717, 1.165) is 12.8 Å². The van der Waals surface area contributed by atoms with Gasteiger partial charge in [-0.1, -0.05) is 5.11 Å². The van der Waals surface area contributed by atoms with Gasteiger partial charge in [-0.3, -0.25) is 4.79 Å².